The molecule has 164 valence electrons. The number of hydrogen-bond donors (Lipinski definition) is 2. The fourth-order valence-corrected chi connectivity index (χ4v) is 5.27. The number of guanidine groups is 1. The molecule has 0 spiro atoms. The van der Waals surface area contributed by atoms with E-state index in [4.69, 9.17) is 14.5 Å². The molecular formula is C22H38N4O2S. The molecule has 0 aliphatic carbocycles. The van der Waals surface area contributed by atoms with Crippen LogP contribution in [0.1, 0.15) is 49.9 Å². The van der Waals surface area contributed by atoms with E-state index in [1.807, 2.05) is 11.3 Å². The molecule has 2 atom stereocenters. The molecular weight excluding hydrogens is 384 g/mol. The Morgan fingerprint density at radius 3 is 2.93 bits per heavy atom. The summed E-state index contributed by atoms with van der Waals surface area (Å²) < 4.78 is 11.3. The van der Waals surface area contributed by atoms with Gasteiger partial charge in [-0.3, -0.25) is 9.89 Å². The second-order valence-corrected chi connectivity index (χ2v) is 9.00. The smallest absolute Gasteiger partial charge is 0.191 e. The third-order valence-electron chi connectivity index (χ3n) is 5.81. The number of ether oxygens (including phenoxy) is 2. The van der Waals surface area contributed by atoms with Crippen molar-refractivity contribution in [3.05, 3.63) is 22.4 Å². The van der Waals surface area contributed by atoms with E-state index in [9.17, 15) is 0 Å². The fourth-order valence-electron chi connectivity index (χ4n) is 4.28. The molecule has 7 heteroatoms. The number of nitrogens with zero attached hydrogens (tertiary/aromatic N) is 2. The van der Waals surface area contributed by atoms with Crippen LogP contribution < -0.4 is 10.6 Å². The maximum Gasteiger partial charge on any atom is 0.191 e. The summed E-state index contributed by atoms with van der Waals surface area (Å²) in [7, 11) is 2.25. The van der Waals surface area contributed by atoms with Gasteiger partial charge in [-0.2, -0.15) is 0 Å². The van der Waals surface area contributed by atoms with Crippen molar-refractivity contribution in [1.29, 1.82) is 0 Å². The van der Waals surface area contributed by atoms with E-state index in [-0.39, 0.29) is 0 Å². The Kier molecular flexibility index (Phi) is 9.73. The van der Waals surface area contributed by atoms with Gasteiger partial charge in [-0.15, -0.1) is 11.3 Å². The van der Waals surface area contributed by atoms with Crippen LogP contribution in [0.5, 0.6) is 0 Å². The van der Waals surface area contributed by atoms with Gasteiger partial charge >= 0.3 is 0 Å². The van der Waals surface area contributed by atoms with E-state index in [2.05, 4.69) is 47.0 Å². The average molecular weight is 423 g/mol. The first kappa shape index (κ1) is 22.5. The summed E-state index contributed by atoms with van der Waals surface area (Å²) in [4.78, 5) is 8.91. The molecule has 0 aromatic carbocycles. The average Bonchev–Trinajstić information content (AvgIpc) is 3.27. The van der Waals surface area contributed by atoms with Gasteiger partial charge in [0.25, 0.3) is 0 Å². The summed E-state index contributed by atoms with van der Waals surface area (Å²) in [5.74, 6) is 1.50. The highest BCUT2D eigenvalue weighted by molar-refractivity contribution is 7.10. The molecule has 1 aromatic heterocycles. The molecule has 29 heavy (non-hydrogen) atoms. The van der Waals surface area contributed by atoms with Crippen LogP contribution in [-0.2, 0) is 9.47 Å². The third kappa shape index (κ3) is 7.24. The van der Waals surface area contributed by atoms with Crippen molar-refractivity contribution < 1.29 is 9.47 Å². The number of piperidine rings is 1. The summed E-state index contributed by atoms with van der Waals surface area (Å²) in [6, 6.07) is 4.93. The van der Waals surface area contributed by atoms with Crippen LogP contribution in [0.3, 0.4) is 0 Å². The van der Waals surface area contributed by atoms with Crippen molar-refractivity contribution in [2.75, 3.05) is 53.0 Å². The summed E-state index contributed by atoms with van der Waals surface area (Å²) in [6.07, 6.45) is 5.92. The van der Waals surface area contributed by atoms with Gasteiger partial charge in [-0.1, -0.05) is 6.07 Å². The van der Waals surface area contributed by atoms with Crippen LogP contribution in [-0.4, -0.2) is 70.0 Å². The normalized spacial score (nSPS) is 24.6. The lowest BCUT2D eigenvalue weighted by Crippen LogP contribution is -2.40. The predicted octanol–water partition coefficient (Wildman–Crippen LogP) is 3.27. The van der Waals surface area contributed by atoms with E-state index in [1.165, 1.54) is 24.3 Å². The zero-order valence-corrected chi connectivity index (χ0v) is 18.9. The molecule has 1 aromatic rings. The molecule has 0 amide bonds. The lowest BCUT2D eigenvalue weighted by Gasteiger charge is -2.38. The summed E-state index contributed by atoms with van der Waals surface area (Å²) >= 11 is 1.87. The van der Waals surface area contributed by atoms with Crippen LogP contribution in [0, 0.1) is 5.92 Å². The monoisotopic (exact) mass is 422 g/mol. The van der Waals surface area contributed by atoms with Gasteiger partial charge in [-0.25, -0.2) is 0 Å². The molecule has 0 saturated carbocycles. The van der Waals surface area contributed by atoms with Gasteiger partial charge in [0, 0.05) is 50.4 Å². The fraction of sp³-hybridized carbons (Fsp3) is 0.773. The quantitative estimate of drug-likeness (QED) is 0.363. The number of nitrogens with one attached hydrogen (secondary N) is 2. The summed E-state index contributed by atoms with van der Waals surface area (Å²) in [5.41, 5.74) is 0. The molecule has 0 bridgehead atoms. The Morgan fingerprint density at radius 2 is 2.17 bits per heavy atom. The minimum absolute atomic E-state index is 0.378. The Balaban J connectivity index is 1.44. The van der Waals surface area contributed by atoms with Crippen molar-refractivity contribution in [2.45, 2.75) is 51.2 Å². The van der Waals surface area contributed by atoms with E-state index < -0.39 is 0 Å². The van der Waals surface area contributed by atoms with E-state index in [0.29, 0.717) is 18.1 Å². The van der Waals surface area contributed by atoms with Gasteiger partial charge in [0.15, 0.2) is 5.96 Å². The Labute approximate surface area is 180 Å². The Hall–Kier alpha value is -1.15. The second-order valence-electron chi connectivity index (χ2n) is 8.03. The largest absolute Gasteiger partial charge is 0.381 e. The maximum absolute atomic E-state index is 5.96. The van der Waals surface area contributed by atoms with Crippen molar-refractivity contribution in [3.8, 4) is 0 Å². The summed E-state index contributed by atoms with van der Waals surface area (Å²) in [6.45, 7) is 8.39. The molecule has 0 radical (unpaired) electrons. The van der Waals surface area contributed by atoms with Crippen molar-refractivity contribution >= 4 is 17.3 Å². The highest BCUT2D eigenvalue weighted by Gasteiger charge is 2.31. The van der Waals surface area contributed by atoms with Gasteiger partial charge < -0.3 is 20.1 Å². The molecule has 2 fully saturated rings. The number of hydrogen-bond acceptors (Lipinski definition) is 5. The Morgan fingerprint density at radius 1 is 1.31 bits per heavy atom. The van der Waals surface area contributed by atoms with E-state index >= 15 is 0 Å². The highest BCUT2D eigenvalue weighted by atomic mass is 32.1. The van der Waals surface area contributed by atoms with Crippen molar-refractivity contribution in [1.82, 2.24) is 15.5 Å². The molecule has 2 aliphatic heterocycles. The summed E-state index contributed by atoms with van der Waals surface area (Å²) in [5, 5.41) is 9.06. The zero-order valence-electron chi connectivity index (χ0n) is 18.1. The lowest BCUT2D eigenvalue weighted by atomic mass is 9.88. The molecule has 2 unspecified atom stereocenters. The van der Waals surface area contributed by atoms with Crippen LogP contribution in [0.15, 0.2) is 22.5 Å². The standard InChI is InChI=1S/C22H38N4O2S/c1-3-23-22(24-11-6-13-28-19-9-14-27-15-10-19)25-17-18-7-4-12-26(2)21(18)20-8-5-16-29-20/h5,8,16,18-19,21H,3-4,6-7,9-15,17H2,1-2H3,(H2,23,24,25). The van der Waals surface area contributed by atoms with Gasteiger partial charge in [0.05, 0.1) is 6.10 Å². The lowest BCUT2D eigenvalue weighted by molar-refractivity contribution is -0.0320. The van der Waals surface area contributed by atoms with Gasteiger partial charge in [-0.05, 0) is 70.0 Å². The first-order chi connectivity index (χ1) is 14.3. The first-order valence-electron chi connectivity index (χ1n) is 11.2. The molecule has 2 aliphatic rings. The molecule has 2 N–H and O–H groups in total. The first-order valence-corrected chi connectivity index (χ1v) is 12.1. The van der Waals surface area contributed by atoms with E-state index in [0.717, 1.165) is 64.7 Å². The number of thiophene rings is 1. The van der Waals surface area contributed by atoms with Crippen LogP contribution >= 0.6 is 11.3 Å². The van der Waals surface area contributed by atoms with Gasteiger partial charge in [0.2, 0.25) is 0 Å². The number of rotatable bonds is 9. The molecule has 6 nitrogen and oxygen atoms in total. The SMILES string of the molecule is CCNC(=NCC1CCCN(C)C1c1cccs1)NCCCOC1CCOCC1. The second kappa shape index (κ2) is 12.5. The van der Waals surface area contributed by atoms with E-state index in [1.54, 1.807) is 0 Å². The zero-order chi connectivity index (χ0) is 20.3. The van der Waals surface area contributed by atoms with Crippen molar-refractivity contribution in [2.24, 2.45) is 10.9 Å². The third-order valence-corrected chi connectivity index (χ3v) is 6.75. The van der Waals surface area contributed by atoms with Crippen LogP contribution in [0.2, 0.25) is 0 Å². The van der Waals surface area contributed by atoms with Crippen molar-refractivity contribution in [3.63, 3.8) is 0 Å². The molecule has 3 heterocycles. The van der Waals surface area contributed by atoms with Crippen LogP contribution in [0.25, 0.3) is 0 Å². The highest BCUT2D eigenvalue weighted by Crippen LogP contribution is 2.37. The number of aliphatic imine (C=N–C) groups is 1. The maximum atomic E-state index is 5.96. The predicted molar refractivity (Wildman–Crippen MR) is 121 cm³/mol. The topological polar surface area (TPSA) is 58.1 Å². The minimum atomic E-state index is 0.378. The van der Waals surface area contributed by atoms with Gasteiger partial charge in [0.1, 0.15) is 0 Å². The molecule has 3 rings (SSSR count). The minimum Gasteiger partial charge on any atom is -0.381 e. The Bertz CT molecular complexity index is 590. The van der Waals surface area contributed by atoms with Crippen LogP contribution in [0.4, 0.5) is 0 Å². The number of likely N-dealkylation sites (tertiary alicyclic amines) is 1. The molecule has 2 saturated heterocycles.